The van der Waals surface area contributed by atoms with Crippen molar-refractivity contribution in [3.8, 4) is 11.8 Å². The van der Waals surface area contributed by atoms with Gasteiger partial charge in [0.05, 0.1) is 19.1 Å². The van der Waals surface area contributed by atoms with E-state index in [0.29, 0.717) is 19.4 Å². The van der Waals surface area contributed by atoms with E-state index in [1.54, 1.807) is 14.0 Å². The number of nitrogens with zero attached hydrogens (tertiary/aromatic N) is 1. The van der Waals surface area contributed by atoms with Gasteiger partial charge < -0.3 is 10.1 Å². The molecule has 1 unspecified atom stereocenters. The Hall–Kier alpha value is -2.02. The molecule has 0 saturated carbocycles. The first kappa shape index (κ1) is 14.0. The van der Waals surface area contributed by atoms with E-state index in [4.69, 9.17) is 10.00 Å². The number of nitrogens with one attached hydrogen (secondary N) is 1. The fourth-order valence-electron chi connectivity index (χ4n) is 1.45. The van der Waals surface area contributed by atoms with Crippen LogP contribution in [0.2, 0.25) is 0 Å². The normalized spacial score (nSPS) is 11.4. The van der Waals surface area contributed by atoms with Crippen LogP contribution in [0.5, 0.6) is 5.75 Å². The van der Waals surface area contributed by atoms with E-state index in [0.717, 1.165) is 11.3 Å². The largest absolute Gasteiger partial charge is 0.497 e. The third-order valence-corrected chi connectivity index (χ3v) is 2.63. The molecule has 0 saturated heterocycles. The van der Waals surface area contributed by atoms with Gasteiger partial charge in [-0.1, -0.05) is 12.1 Å². The predicted octanol–water partition coefficient (Wildman–Crippen LogP) is 1.90. The molecule has 0 aliphatic carbocycles. The zero-order valence-corrected chi connectivity index (χ0v) is 10.8. The smallest absolute Gasteiger partial charge is 0.220 e. The summed E-state index contributed by atoms with van der Waals surface area (Å²) in [4.78, 5) is 11.5. The number of aryl methyl sites for hydroxylation is 1. The second kappa shape index (κ2) is 7.33. The summed E-state index contributed by atoms with van der Waals surface area (Å²) in [6.07, 6.45) is 1.13. The molecule has 4 heteroatoms. The molecule has 1 N–H and O–H groups in total. The molecule has 0 aromatic heterocycles. The van der Waals surface area contributed by atoms with Gasteiger partial charge in [0, 0.05) is 13.0 Å². The zero-order valence-electron chi connectivity index (χ0n) is 10.8. The second-order valence-electron chi connectivity index (χ2n) is 4.18. The van der Waals surface area contributed by atoms with Crippen molar-refractivity contribution in [1.29, 1.82) is 5.26 Å². The molecule has 1 amide bonds. The van der Waals surface area contributed by atoms with E-state index in [9.17, 15) is 4.79 Å². The van der Waals surface area contributed by atoms with Crippen LogP contribution >= 0.6 is 0 Å². The summed E-state index contributed by atoms with van der Waals surface area (Å²) in [7, 11) is 1.62. The third-order valence-electron chi connectivity index (χ3n) is 2.63. The molecular formula is C14H18N2O2. The van der Waals surface area contributed by atoms with E-state index >= 15 is 0 Å². The molecule has 1 rings (SSSR count). The quantitative estimate of drug-likeness (QED) is 0.834. The number of benzene rings is 1. The van der Waals surface area contributed by atoms with Crippen molar-refractivity contribution in [1.82, 2.24) is 5.32 Å². The highest BCUT2D eigenvalue weighted by atomic mass is 16.5. The Morgan fingerprint density at radius 1 is 1.44 bits per heavy atom. The van der Waals surface area contributed by atoms with Crippen LogP contribution in [-0.4, -0.2) is 19.6 Å². The summed E-state index contributed by atoms with van der Waals surface area (Å²) in [5.74, 6) is 0.647. The number of nitriles is 1. The van der Waals surface area contributed by atoms with Crippen molar-refractivity contribution in [2.45, 2.75) is 19.8 Å². The fourth-order valence-corrected chi connectivity index (χ4v) is 1.45. The Labute approximate surface area is 108 Å². The Balaban J connectivity index is 2.31. The van der Waals surface area contributed by atoms with Crippen LogP contribution in [0.3, 0.4) is 0 Å². The van der Waals surface area contributed by atoms with Gasteiger partial charge in [-0.2, -0.15) is 5.26 Å². The molecule has 0 radical (unpaired) electrons. The molecule has 0 aliphatic heterocycles. The number of carbonyl (C=O) groups is 1. The molecule has 18 heavy (non-hydrogen) atoms. The molecule has 0 aliphatic rings. The van der Waals surface area contributed by atoms with Crippen LogP contribution in [0.25, 0.3) is 0 Å². The van der Waals surface area contributed by atoms with Gasteiger partial charge in [0.15, 0.2) is 0 Å². The highest BCUT2D eigenvalue weighted by Gasteiger charge is 2.05. The number of rotatable bonds is 6. The third kappa shape index (κ3) is 4.88. The van der Waals surface area contributed by atoms with E-state index in [2.05, 4.69) is 11.4 Å². The average Bonchev–Trinajstić information content (AvgIpc) is 2.42. The summed E-state index contributed by atoms with van der Waals surface area (Å²) in [6, 6.07) is 9.73. The maximum Gasteiger partial charge on any atom is 0.220 e. The minimum atomic E-state index is -0.144. The van der Waals surface area contributed by atoms with Gasteiger partial charge in [0.2, 0.25) is 5.91 Å². The second-order valence-corrected chi connectivity index (χ2v) is 4.18. The van der Waals surface area contributed by atoms with Crippen LogP contribution in [0.15, 0.2) is 24.3 Å². The Morgan fingerprint density at radius 3 is 2.67 bits per heavy atom. The fraction of sp³-hybridized carbons (Fsp3) is 0.429. The van der Waals surface area contributed by atoms with Gasteiger partial charge in [-0.3, -0.25) is 4.79 Å². The summed E-state index contributed by atoms with van der Waals surface area (Å²) >= 11 is 0. The first-order chi connectivity index (χ1) is 8.65. The lowest BCUT2D eigenvalue weighted by molar-refractivity contribution is -0.121. The van der Waals surface area contributed by atoms with Crippen LogP contribution in [-0.2, 0) is 11.2 Å². The van der Waals surface area contributed by atoms with Crippen molar-refractivity contribution < 1.29 is 9.53 Å². The Bertz CT molecular complexity index is 420. The molecule has 1 aromatic rings. The van der Waals surface area contributed by atoms with E-state index in [-0.39, 0.29) is 11.8 Å². The SMILES string of the molecule is COc1ccc(CCC(=O)NCC(C)C#N)cc1. The van der Waals surface area contributed by atoms with Gasteiger partial charge in [0.1, 0.15) is 5.75 Å². The van der Waals surface area contributed by atoms with Crippen molar-refractivity contribution in [3.63, 3.8) is 0 Å². The molecule has 1 atom stereocenters. The van der Waals surface area contributed by atoms with Gasteiger partial charge in [0.25, 0.3) is 0 Å². The monoisotopic (exact) mass is 246 g/mol. The first-order valence-electron chi connectivity index (χ1n) is 5.95. The number of carbonyl (C=O) groups excluding carboxylic acids is 1. The number of amides is 1. The first-order valence-corrected chi connectivity index (χ1v) is 5.95. The van der Waals surface area contributed by atoms with Crippen molar-refractivity contribution in [2.75, 3.05) is 13.7 Å². The van der Waals surface area contributed by atoms with Crippen molar-refractivity contribution in [2.24, 2.45) is 5.92 Å². The molecule has 4 nitrogen and oxygen atoms in total. The summed E-state index contributed by atoms with van der Waals surface area (Å²) in [5, 5.41) is 11.3. The Morgan fingerprint density at radius 2 is 2.11 bits per heavy atom. The number of hydrogen-bond donors (Lipinski definition) is 1. The van der Waals surface area contributed by atoms with Crippen molar-refractivity contribution in [3.05, 3.63) is 29.8 Å². The molecule has 96 valence electrons. The lowest BCUT2D eigenvalue weighted by Gasteiger charge is -2.06. The van der Waals surface area contributed by atoms with E-state index in [1.807, 2.05) is 24.3 Å². The summed E-state index contributed by atoms with van der Waals surface area (Å²) < 4.78 is 5.06. The lowest BCUT2D eigenvalue weighted by atomic mass is 10.1. The van der Waals surface area contributed by atoms with Gasteiger partial charge >= 0.3 is 0 Å². The molecule has 0 bridgehead atoms. The van der Waals surface area contributed by atoms with Crippen LogP contribution in [0.4, 0.5) is 0 Å². The summed E-state index contributed by atoms with van der Waals surface area (Å²) in [6.45, 7) is 2.20. The van der Waals surface area contributed by atoms with Crippen LogP contribution in [0.1, 0.15) is 18.9 Å². The topological polar surface area (TPSA) is 62.1 Å². The molecular weight excluding hydrogens is 228 g/mol. The lowest BCUT2D eigenvalue weighted by Crippen LogP contribution is -2.27. The van der Waals surface area contributed by atoms with E-state index in [1.165, 1.54) is 0 Å². The predicted molar refractivity (Wildman–Crippen MR) is 69.1 cm³/mol. The average molecular weight is 246 g/mol. The standard InChI is InChI=1S/C14H18N2O2/c1-11(9-15)10-16-14(17)8-5-12-3-6-13(18-2)7-4-12/h3-4,6-7,11H,5,8,10H2,1-2H3,(H,16,17). The van der Waals surface area contributed by atoms with Gasteiger partial charge in [-0.15, -0.1) is 0 Å². The van der Waals surface area contributed by atoms with E-state index < -0.39 is 0 Å². The molecule has 0 fully saturated rings. The van der Waals surface area contributed by atoms with Gasteiger partial charge in [-0.25, -0.2) is 0 Å². The zero-order chi connectivity index (χ0) is 13.4. The molecule has 1 aromatic carbocycles. The number of methoxy groups -OCH3 is 1. The van der Waals surface area contributed by atoms with Gasteiger partial charge in [-0.05, 0) is 31.0 Å². The number of hydrogen-bond acceptors (Lipinski definition) is 3. The van der Waals surface area contributed by atoms with Crippen LogP contribution < -0.4 is 10.1 Å². The minimum absolute atomic E-state index is 0.0204. The minimum Gasteiger partial charge on any atom is -0.497 e. The van der Waals surface area contributed by atoms with Crippen molar-refractivity contribution >= 4 is 5.91 Å². The maximum atomic E-state index is 11.5. The molecule has 0 spiro atoms. The van der Waals surface area contributed by atoms with Crippen LogP contribution in [0, 0.1) is 17.2 Å². The highest BCUT2D eigenvalue weighted by molar-refractivity contribution is 5.76. The number of ether oxygens (including phenoxy) is 1. The summed E-state index contributed by atoms with van der Waals surface area (Å²) in [5.41, 5.74) is 1.10. The highest BCUT2D eigenvalue weighted by Crippen LogP contribution is 2.12. The molecule has 0 heterocycles. The maximum absolute atomic E-state index is 11.5. The Kier molecular flexibility index (Phi) is 5.72.